The number of anilines is 1. The summed E-state index contributed by atoms with van der Waals surface area (Å²) in [6, 6.07) is 7.62. The molecule has 0 bridgehead atoms. The molecule has 2 rings (SSSR count). The Hall–Kier alpha value is -0.910. The lowest BCUT2D eigenvalue weighted by Crippen LogP contribution is -2.13. The van der Waals surface area contributed by atoms with E-state index < -0.39 is 0 Å². The van der Waals surface area contributed by atoms with Crippen LogP contribution < -0.4 is 5.32 Å². The highest BCUT2D eigenvalue weighted by molar-refractivity contribution is 6.35. The lowest BCUT2D eigenvalue weighted by molar-refractivity contribution is 0.711. The number of hydrogen-bond donors (Lipinski definition) is 1. The maximum Gasteiger partial charge on any atom is 0.0747 e. The molecule has 0 saturated heterocycles. The Morgan fingerprint density at radius 1 is 1.27 bits per heavy atom. The van der Waals surface area contributed by atoms with E-state index in [-0.39, 0.29) is 5.41 Å². The third kappa shape index (κ3) is 2.56. The molecular weight excluding hydrogens is 231 g/mol. The van der Waals surface area contributed by atoms with Gasteiger partial charge >= 0.3 is 0 Å². The first-order chi connectivity index (χ1) is 7.13. The molecule has 2 nitrogen and oxygen atoms in total. The summed E-state index contributed by atoms with van der Waals surface area (Å²) in [5.41, 5.74) is 0.712. The second-order valence-corrected chi connectivity index (χ2v) is 4.78. The van der Waals surface area contributed by atoms with E-state index in [4.69, 9.17) is 28.5 Å². The minimum Gasteiger partial charge on any atom is -0.383 e. The van der Waals surface area contributed by atoms with Crippen molar-refractivity contribution in [2.24, 2.45) is 5.41 Å². The fourth-order valence-electron chi connectivity index (χ4n) is 1.41. The van der Waals surface area contributed by atoms with Crippen LogP contribution in [0.4, 0.5) is 5.69 Å². The molecule has 78 valence electrons. The monoisotopic (exact) mass is 240 g/mol. The molecule has 0 amide bonds. The van der Waals surface area contributed by atoms with Gasteiger partial charge in [0, 0.05) is 22.3 Å². The molecule has 1 fully saturated rings. The summed E-state index contributed by atoms with van der Waals surface area (Å²) < 4.78 is 0. The quantitative estimate of drug-likeness (QED) is 0.875. The minimum absolute atomic E-state index is 0.158. The van der Waals surface area contributed by atoms with E-state index >= 15 is 0 Å². The maximum absolute atomic E-state index is 8.90. The Morgan fingerprint density at radius 3 is 2.33 bits per heavy atom. The van der Waals surface area contributed by atoms with Gasteiger partial charge in [0.15, 0.2) is 0 Å². The van der Waals surface area contributed by atoms with Crippen LogP contribution in [0.25, 0.3) is 0 Å². The van der Waals surface area contributed by atoms with Crippen molar-refractivity contribution in [1.82, 2.24) is 0 Å². The van der Waals surface area contributed by atoms with E-state index in [9.17, 15) is 0 Å². The lowest BCUT2D eigenvalue weighted by Gasteiger charge is -2.10. The standard InChI is InChI=1S/C11H10Cl2N2/c12-8-3-9(13)5-10(4-8)15-7-11(6-14)1-2-11/h3-5,15H,1-2,7H2. The summed E-state index contributed by atoms with van der Waals surface area (Å²) in [5, 5.41) is 13.3. The van der Waals surface area contributed by atoms with E-state index in [1.807, 2.05) is 0 Å². The molecule has 0 radical (unpaired) electrons. The van der Waals surface area contributed by atoms with Crippen molar-refractivity contribution in [3.05, 3.63) is 28.2 Å². The predicted octanol–water partition coefficient (Wildman–Crippen LogP) is 3.71. The van der Waals surface area contributed by atoms with Crippen LogP contribution in [0.3, 0.4) is 0 Å². The van der Waals surface area contributed by atoms with Gasteiger partial charge in [-0.2, -0.15) is 5.26 Å². The molecule has 0 unspecified atom stereocenters. The number of nitriles is 1. The van der Waals surface area contributed by atoms with Crippen molar-refractivity contribution in [1.29, 1.82) is 5.26 Å². The minimum atomic E-state index is -0.158. The fourth-order valence-corrected chi connectivity index (χ4v) is 1.93. The number of nitrogens with one attached hydrogen (secondary N) is 1. The number of halogens is 2. The first-order valence-electron chi connectivity index (χ1n) is 4.75. The molecule has 1 aromatic carbocycles. The molecule has 1 N–H and O–H groups in total. The van der Waals surface area contributed by atoms with Gasteiger partial charge in [-0.05, 0) is 31.0 Å². The van der Waals surface area contributed by atoms with Crippen LogP contribution in [0.15, 0.2) is 18.2 Å². The highest BCUT2D eigenvalue weighted by Gasteiger charge is 2.42. The van der Waals surface area contributed by atoms with E-state index in [1.165, 1.54) is 0 Å². The lowest BCUT2D eigenvalue weighted by atomic mass is 10.1. The van der Waals surface area contributed by atoms with Gasteiger partial charge in [0.2, 0.25) is 0 Å². The van der Waals surface area contributed by atoms with Crippen molar-refractivity contribution < 1.29 is 0 Å². The molecule has 15 heavy (non-hydrogen) atoms. The fraction of sp³-hybridized carbons (Fsp3) is 0.364. The van der Waals surface area contributed by atoms with Crippen LogP contribution in [0, 0.1) is 16.7 Å². The van der Waals surface area contributed by atoms with Gasteiger partial charge in [0.25, 0.3) is 0 Å². The highest BCUT2D eigenvalue weighted by atomic mass is 35.5. The molecule has 1 aliphatic carbocycles. The molecule has 0 aromatic heterocycles. The average Bonchev–Trinajstić information content (AvgIpc) is 2.94. The van der Waals surface area contributed by atoms with Crippen LogP contribution in [-0.4, -0.2) is 6.54 Å². The summed E-state index contributed by atoms with van der Waals surface area (Å²) in [4.78, 5) is 0. The van der Waals surface area contributed by atoms with Gasteiger partial charge in [0.05, 0.1) is 11.5 Å². The Labute approximate surface area is 98.8 Å². The number of nitrogens with zero attached hydrogens (tertiary/aromatic N) is 1. The Morgan fingerprint density at radius 2 is 1.87 bits per heavy atom. The number of benzene rings is 1. The van der Waals surface area contributed by atoms with Crippen molar-refractivity contribution in [2.75, 3.05) is 11.9 Å². The first kappa shape index (κ1) is 10.6. The molecule has 1 saturated carbocycles. The zero-order chi connectivity index (χ0) is 10.9. The molecular formula is C11H10Cl2N2. The van der Waals surface area contributed by atoms with Crippen LogP contribution in [0.2, 0.25) is 10.0 Å². The maximum atomic E-state index is 8.90. The zero-order valence-electron chi connectivity index (χ0n) is 8.06. The van der Waals surface area contributed by atoms with E-state index in [0.717, 1.165) is 18.5 Å². The van der Waals surface area contributed by atoms with Crippen molar-refractivity contribution in [2.45, 2.75) is 12.8 Å². The normalized spacial score (nSPS) is 16.9. The van der Waals surface area contributed by atoms with Gasteiger partial charge in [-0.25, -0.2) is 0 Å². The van der Waals surface area contributed by atoms with Crippen LogP contribution >= 0.6 is 23.2 Å². The summed E-state index contributed by atoms with van der Waals surface area (Å²) >= 11 is 11.7. The SMILES string of the molecule is N#CC1(CNc2cc(Cl)cc(Cl)c2)CC1. The van der Waals surface area contributed by atoms with Crippen LogP contribution in [-0.2, 0) is 0 Å². The van der Waals surface area contributed by atoms with Crippen molar-refractivity contribution in [3.8, 4) is 6.07 Å². The second kappa shape index (κ2) is 3.92. The van der Waals surface area contributed by atoms with Crippen LogP contribution in [0.1, 0.15) is 12.8 Å². The van der Waals surface area contributed by atoms with Crippen molar-refractivity contribution in [3.63, 3.8) is 0 Å². The highest BCUT2D eigenvalue weighted by Crippen LogP contribution is 2.44. The predicted molar refractivity (Wildman–Crippen MR) is 62.2 cm³/mol. The van der Waals surface area contributed by atoms with Gasteiger partial charge in [-0.1, -0.05) is 23.2 Å². The molecule has 0 atom stereocenters. The Balaban J connectivity index is 2.02. The molecule has 1 aromatic rings. The smallest absolute Gasteiger partial charge is 0.0747 e. The molecule has 0 spiro atoms. The third-order valence-corrected chi connectivity index (χ3v) is 3.02. The summed E-state index contributed by atoms with van der Waals surface area (Å²) in [6.07, 6.45) is 1.95. The third-order valence-electron chi connectivity index (χ3n) is 2.58. The largest absolute Gasteiger partial charge is 0.383 e. The van der Waals surface area contributed by atoms with Gasteiger partial charge < -0.3 is 5.32 Å². The summed E-state index contributed by atoms with van der Waals surface area (Å²) in [5.74, 6) is 0. The average molecular weight is 241 g/mol. The molecule has 4 heteroatoms. The van der Waals surface area contributed by atoms with Crippen molar-refractivity contribution >= 4 is 28.9 Å². The van der Waals surface area contributed by atoms with E-state index in [2.05, 4.69) is 11.4 Å². The first-order valence-corrected chi connectivity index (χ1v) is 5.50. The van der Waals surface area contributed by atoms with E-state index in [1.54, 1.807) is 18.2 Å². The molecule has 0 aliphatic heterocycles. The summed E-state index contributed by atoms with van der Waals surface area (Å²) in [6.45, 7) is 0.667. The van der Waals surface area contributed by atoms with Gasteiger partial charge in [-0.15, -0.1) is 0 Å². The van der Waals surface area contributed by atoms with Gasteiger partial charge in [0.1, 0.15) is 0 Å². The van der Waals surface area contributed by atoms with Crippen LogP contribution in [0.5, 0.6) is 0 Å². The second-order valence-electron chi connectivity index (χ2n) is 3.90. The summed E-state index contributed by atoms with van der Waals surface area (Å²) in [7, 11) is 0. The Kier molecular flexibility index (Phi) is 2.77. The molecule has 1 aliphatic rings. The number of hydrogen-bond acceptors (Lipinski definition) is 2. The van der Waals surface area contributed by atoms with Gasteiger partial charge in [-0.3, -0.25) is 0 Å². The Bertz CT molecular complexity index is 399. The zero-order valence-corrected chi connectivity index (χ0v) is 9.57. The number of rotatable bonds is 3. The topological polar surface area (TPSA) is 35.8 Å². The van der Waals surface area contributed by atoms with E-state index in [0.29, 0.717) is 16.6 Å². The molecule has 0 heterocycles.